The van der Waals surface area contributed by atoms with Crippen molar-refractivity contribution < 1.29 is 13.3 Å². The number of hydrogen-bond acceptors (Lipinski definition) is 3. The highest BCUT2D eigenvalue weighted by Gasteiger charge is 2.62. The Hall–Kier alpha value is 0.0969. The van der Waals surface area contributed by atoms with Gasteiger partial charge >= 0.3 is 8.80 Å². The first-order valence-electron chi connectivity index (χ1n) is 7.85. The molecule has 0 aromatic heterocycles. The summed E-state index contributed by atoms with van der Waals surface area (Å²) >= 11 is 0. The molecule has 0 aromatic rings. The van der Waals surface area contributed by atoms with E-state index in [-0.39, 0.29) is 10.6 Å². The van der Waals surface area contributed by atoms with Crippen LogP contribution in [-0.4, -0.2) is 28.6 Å². The van der Waals surface area contributed by atoms with Crippen LogP contribution in [0.5, 0.6) is 0 Å². The highest BCUT2D eigenvalue weighted by atomic mass is 28.4. The van der Waals surface area contributed by atoms with Crippen LogP contribution in [0.25, 0.3) is 0 Å². The standard InChI is InChI=1S/C16H36O3Si/c1-11-13(3)16(8,14(4)12-2)20(17-9,18-10)19-15(5,6)7/h13-14H,11-12H2,1-10H3. The van der Waals surface area contributed by atoms with Gasteiger partial charge < -0.3 is 13.3 Å². The van der Waals surface area contributed by atoms with Gasteiger partial charge in [0.1, 0.15) is 0 Å². The first-order chi connectivity index (χ1) is 9.04. The van der Waals surface area contributed by atoms with Crippen LogP contribution >= 0.6 is 0 Å². The molecule has 0 heterocycles. The molecule has 0 aromatic carbocycles. The second kappa shape index (κ2) is 7.39. The molecule has 3 nitrogen and oxygen atoms in total. The van der Waals surface area contributed by atoms with E-state index in [0.717, 1.165) is 12.8 Å². The Labute approximate surface area is 127 Å². The summed E-state index contributed by atoms with van der Waals surface area (Å²) in [6.45, 7) is 17.5. The van der Waals surface area contributed by atoms with E-state index in [9.17, 15) is 0 Å². The predicted octanol–water partition coefficient (Wildman–Crippen LogP) is 4.89. The molecule has 0 fully saturated rings. The molecule has 0 saturated carbocycles. The summed E-state index contributed by atoms with van der Waals surface area (Å²) in [5, 5.41) is -0.0900. The Morgan fingerprint density at radius 2 is 1.20 bits per heavy atom. The fraction of sp³-hybridized carbons (Fsp3) is 1.00. The van der Waals surface area contributed by atoms with E-state index in [1.54, 1.807) is 14.2 Å². The molecule has 2 atom stereocenters. The van der Waals surface area contributed by atoms with Crippen molar-refractivity contribution in [1.29, 1.82) is 0 Å². The van der Waals surface area contributed by atoms with Crippen LogP contribution in [0.15, 0.2) is 0 Å². The summed E-state index contributed by atoms with van der Waals surface area (Å²) < 4.78 is 18.4. The van der Waals surface area contributed by atoms with Crippen molar-refractivity contribution in [2.24, 2.45) is 11.8 Å². The number of rotatable bonds is 8. The first-order valence-corrected chi connectivity index (χ1v) is 9.57. The summed E-state index contributed by atoms with van der Waals surface area (Å²) in [5.74, 6) is 0.956. The van der Waals surface area contributed by atoms with E-state index < -0.39 is 8.80 Å². The third-order valence-electron chi connectivity index (χ3n) is 4.91. The summed E-state index contributed by atoms with van der Waals surface area (Å²) in [5.41, 5.74) is -0.277. The van der Waals surface area contributed by atoms with Crippen molar-refractivity contribution >= 4 is 8.80 Å². The van der Waals surface area contributed by atoms with Gasteiger partial charge in [0.05, 0.1) is 5.60 Å². The van der Waals surface area contributed by atoms with Gasteiger partial charge in [0.25, 0.3) is 0 Å². The molecule has 0 spiro atoms. The molecule has 0 amide bonds. The Morgan fingerprint density at radius 1 is 0.850 bits per heavy atom. The SMILES string of the molecule is CCC(C)C(C)(C(C)CC)[Si](OC)(OC)OC(C)(C)C. The van der Waals surface area contributed by atoms with E-state index in [0.29, 0.717) is 11.8 Å². The van der Waals surface area contributed by atoms with E-state index in [4.69, 9.17) is 13.3 Å². The molecule has 20 heavy (non-hydrogen) atoms. The lowest BCUT2D eigenvalue weighted by atomic mass is 9.81. The van der Waals surface area contributed by atoms with E-state index >= 15 is 0 Å². The molecule has 0 bridgehead atoms. The predicted molar refractivity (Wildman–Crippen MR) is 87.9 cm³/mol. The van der Waals surface area contributed by atoms with Gasteiger partial charge in [0.2, 0.25) is 0 Å². The molecule has 0 saturated heterocycles. The lowest BCUT2D eigenvalue weighted by Crippen LogP contribution is -2.61. The second-order valence-corrected chi connectivity index (χ2v) is 10.3. The Balaban J connectivity index is 5.89. The van der Waals surface area contributed by atoms with Crippen LogP contribution in [0.4, 0.5) is 0 Å². The van der Waals surface area contributed by atoms with Gasteiger partial charge in [-0.25, -0.2) is 0 Å². The van der Waals surface area contributed by atoms with Crippen molar-refractivity contribution in [3.8, 4) is 0 Å². The molecular formula is C16H36O3Si. The minimum Gasteiger partial charge on any atom is -0.376 e. The maximum atomic E-state index is 6.43. The quantitative estimate of drug-likeness (QED) is 0.598. The van der Waals surface area contributed by atoms with E-state index in [1.807, 2.05) is 0 Å². The monoisotopic (exact) mass is 304 g/mol. The number of hydrogen-bond donors (Lipinski definition) is 0. The van der Waals surface area contributed by atoms with Crippen LogP contribution in [0.3, 0.4) is 0 Å². The minimum atomic E-state index is -2.80. The lowest BCUT2D eigenvalue weighted by molar-refractivity contribution is -0.0190. The molecule has 0 aliphatic rings. The summed E-state index contributed by atoms with van der Waals surface area (Å²) in [6, 6.07) is 0. The maximum absolute atomic E-state index is 6.43. The average molecular weight is 305 g/mol. The van der Waals surface area contributed by atoms with Crippen molar-refractivity contribution in [3.63, 3.8) is 0 Å². The second-order valence-electron chi connectivity index (χ2n) is 7.08. The fourth-order valence-electron chi connectivity index (χ4n) is 3.06. The van der Waals surface area contributed by atoms with E-state index in [1.165, 1.54) is 0 Å². The Bertz CT molecular complexity index is 272. The van der Waals surface area contributed by atoms with Crippen LogP contribution in [0.1, 0.15) is 68.2 Å². The summed E-state index contributed by atoms with van der Waals surface area (Å²) in [7, 11) is 0.680. The van der Waals surface area contributed by atoms with E-state index in [2.05, 4.69) is 55.4 Å². The normalized spacial score (nSPS) is 19.5. The van der Waals surface area contributed by atoms with Gasteiger partial charge in [-0.05, 0) is 32.6 Å². The van der Waals surface area contributed by atoms with Crippen LogP contribution in [0.2, 0.25) is 5.04 Å². The Kier molecular flexibility index (Phi) is 7.42. The maximum Gasteiger partial charge on any atom is 0.507 e. The molecule has 122 valence electrons. The molecule has 0 aliphatic heterocycles. The van der Waals surface area contributed by atoms with Gasteiger partial charge in [-0.3, -0.25) is 0 Å². The van der Waals surface area contributed by atoms with Gasteiger partial charge in [-0.2, -0.15) is 0 Å². The van der Waals surface area contributed by atoms with Crippen molar-refractivity contribution in [1.82, 2.24) is 0 Å². The van der Waals surface area contributed by atoms with Crippen LogP contribution < -0.4 is 0 Å². The highest BCUT2D eigenvalue weighted by Crippen LogP contribution is 2.55. The third kappa shape index (κ3) is 3.84. The molecule has 0 N–H and O–H groups in total. The topological polar surface area (TPSA) is 27.7 Å². The molecule has 2 unspecified atom stereocenters. The van der Waals surface area contributed by atoms with Crippen molar-refractivity contribution in [2.75, 3.05) is 14.2 Å². The van der Waals surface area contributed by atoms with Crippen LogP contribution in [-0.2, 0) is 13.3 Å². The van der Waals surface area contributed by atoms with Crippen molar-refractivity contribution in [2.45, 2.75) is 78.9 Å². The molecule has 4 heteroatoms. The largest absolute Gasteiger partial charge is 0.507 e. The van der Waals surface area contributed by atoms with Gasteiger partial charge in [-0.1, -0.05) is 47.5 Å². The van der Waals surface area contributed by atoms with Crippen LogP contribution in [0, 0.1) is 11.8 Å². The average Bonchev–Trinajstić information content (AvgIpc) is 2.40. The van der Waals surface area contributed by atoms with Crippen molar-refractivity contribution in [3.05, 3.63) is 0 Å². The zero-order valence-corrected chi connectivity index (χ0v) is 16.3. The summed E-state index contributed by atoms with van der Waals surface area (Å²) in [6.07, 6.45) is 2.19. The first kappa shape index (κ1) is 20.1. The zero-order chi connectivity index (χ0) is 16.2. The molecular weight excluding hydrogens is 268 g/mol. The lowest BCUT2D eigenvalue weighted by Gasteiger charge is -2.51. The van der Waals surface area contributed by atoms with Gasteiger partial charge in [-0.15, -0.1) is 0 Å². The molecule has 0 radical (unpaired) electrons. The minimum absolute atomic E-state index is 0.0900. The summed E-state index contributed by atoms with van der Waals surface area (Å²) in [4.78, 5) is 0. The van der Waals surface area contributed by atoms with Gasteiger partial charge in [0.15, 0.2) is 0 Å². The third-order valence-corrected chi connectivity index (χ3v) is 9.17. The molecule has 0 rings (SSSR count). The molecule has 0 aliphatic carbocycles. The fourth-order valence-corrected chi connectivity index (χ4v) is 6.91. The van der Waals surface area contributed by atoms with Gasteiger partial charge in [0, 0.05) is 19.3 Å². The smallest absolute Gasteiger partial charge is 0.376 e. The Morgan fingerprint density at radius 3 is 1.40 bits per heavy atom. The highest BCUT2D eigenvalue weighted by molar-refractivity contribution is 6.64. The zero-order valence-electron chi connectivity index (χ0n) is 15.3.